The molecular formula is C17H24O3. The molecule has 0 saturated heterocycles. The fraction of sp³-hybridized carbons (Fsp3) is 0.588. The standard InChI is InChI=1S/C17H24O3/c1-10(2)14-8-12(5-6-16(14)20-4)11(3)7-13-9-15(13)17(18)19/h5-6,8,10-11,13,15H,7,9H2,1-4H3,(H,18,19). The molecule has 0 heterocycles. The number of rotatable bonds is 6. The van der Waals surface area contributed by atoms with E-state index in [-0.39, 0.29) is 5.92 Å². The number of ether oxygens (including phenoxy) is 1. The predicted molar refractivity (Wildman–Crippen MR) is 79.3 cm³/mol. The van der Waals surface area contributed by atoms with Crippen molar-refractivity contribution in [3.05, 3.63) is 29.3 Å². The van der Waals surface area contributed by atoms with E-state index in [2.05, 4.69) is 32.9 Å². The van der Waals surface area contributed by atoms with Gasteiger partial charge in [-0.3, -0.25) is 4.79 Å². The summed E-state index contributed by atoms with van der Waals surface area (Å²) in [5.74, 6) is 1.36. The summed E-state index contributed by atoms with van der Waals surface area (Å²) in [7, 11) is 1.70. The third-order valence-corrected chi connectivity index (χ3v) is 4.34. The van der Waals surface area contributed by atoms with Gasteiger partial charge in [-0.2, -0.15) is 0 Å². The maximum Gasteiger partial charge on any atom is 0.306 e. The Morgan fingerprint density at radius 3 is 2.60 bits per heavy atom. The van der Waals surface area contributed by atoms with Gasteiger partial charge < -0.3 is 9.84 Å². The van der Waals surface area contributed by atoms with Crippen molar-refractivity contribution in [1.82, 2.24) is 0 Å². The molecule has 0 bridgehead atoms. The van der Waals surface area contributed by atoms with Crippen LogP contribution in [0.3, 0.4) is 0 Å². The first kappa shape index (κ1) is 14.9. The summed E-state index contributed by atoms with van der Waals surface area (Å²) < 4.78 is 5.41. The molecule has 2 rings (SSSR count). The smallest absolute Gasteiger partial charge is 0.306 e. The van der Waals surface area contributed by atoms with Crippen molar-refractivity contribution in [2.75, 3.05) is 7.11 Å². The van der Waals surface area contributed by atoms with E-state index in [1.165, 1.54) is 11.1 Å². The van der Waals surface area contributed by atoms with Crippen LogP contribution < -0.4 is 4.74 Å². The third kappa shape index (κ3) is 3.14. The zero-order chi connectivity index (χ0) is 14.9. The molecule has 0 amide bonds. The summed E-state index contributed by atoms with van der Waals surface area (Å²) in [4.78, 5) is 10.9. The van der Waals surface area contributed by atoms with Gasteiger partial charge in [0.2, 0.25) is 0 Å². The van der Waals surface area contributed by atoms with Gasteiger partial charge in [0, 0.05) is 0 Å². The molecule has 0 radical (unpaired) electrons. The molecule has 1 saturated carbocycles. The van der Waals surface area contributed by atoms with Crippen LogP contribution in [-0.2, 0) is 4.79 Å². The second-order valence-electron chi connectivity index (χ2n) is 6.23. The van der Waals surface area contributed by atoms with Crippen LogP contribution in [0.1, 0.15) is 56.6 Å². The van der Waals surface area contributed by atoms with Crippen molar-refractivity contribution < 1.29 is 14.6 Å². The van der Waals surface area contributed by atoms with Crippen LogP contribution in [0.2, 0.25) is 0 Å². The molecule has 0 aliphatic heterocycles. The van der Waals surface area contributed by atoms with Crippen molar-refractivity contribution in [1.29, 1.82) is 0 Å². The van der Waals surface area contributed by atoms with Crippen molar-refractivity contribution in [2.45, 2.75) is 45.4 Å². The van der Waals surface area contributed by atoms with E-state index in [1.807, 2.05) is 6.07 Å². The molecular weight excluding hydrogens is 252 g/mol. The number of hydrogen-bond acceptors (Lipinski definition) is 2. The minimum atomic E-state index is -0.639. The number of benzene rings is 1. The van der Waals surface area contributed by atoms with Crippen LogP contribution in [0.25, 0.3) is 0 Å². The molecule has 1 aromatic carbocycles. The van der Waals surface area contributed by atoms with E-state index < -0.39 is 5.97 Å². The second kappa shape index (κ2) is 5.86. The van der Waals surface area contributed by atoms with Crippen LogP contribution in [-0.4, -0.2) is 18.2 Å². The van der Waals surface area contributed by atoms with E-state index in [1.54, 1.807) is 7.11 Å². The Kier molecular flexibility index (Phi) is 4.36. The van der Waals surface area contributed by atoms with E-state index >= 15 is 0 Å². The molecule has 1 aliphatic carbocycles. The van der Waals surface area contributed by atoms with Gasteiger partial charge in [0.05, 0.1) is 13.0 Å². The molecule has 1 aliphatic rings. The fourth-order valence-electron chi connectivity index (χ4n) is 2.91. The Morgan fingerprint density at radius 1 is 1.40 bits per heavy atom. The maximum absolute atomic E-state index is 10.9. The zero-order valence-corrected chi connectivity index (χ0v) is 12.7. The van der Waals surface area contributed by atoms with Crippen molar-refractivity contribution in [3.8, 4) is 5.75 Å². The van der Waals surface area contributed by atoms with Crippen LogP contribution in [0.4, 0.5) is 0 Å². The summed E-state index contributed by atoms with van der Waals surface area (Å²) in [5, 5.41) is 8.98. The van der Waals surface area contributed by atoms with Crippen LogP contribution in [0.5, 0.6) is 5.75 Å². The molecule has 3 nitrogen and oxygen atoms in total. The van der Waals surface area contributed by atoms with Crippen molar-refractivity contribution in [2.24, 2.45) is 11.8 Å². The average Bonchev–Trinajstić information content (AvgIpc) is 3.17. The summed E-state index contributed by atoms with van der Waals surface area (Å²) in [5.41, 5.74) is 2.51. The minimum Gasteiger partial charge on any atom is -0.496 e. The van der Waals surface area contributed by atoms with Gasteiger partial charge in [0.1, 0.15) is 5.75 Å². The Hall–Kier alpha value is -1.51. The number of carbonyl (C=O) groups is 1. The van der Waals surface area contributed by atoms with Crippen molar-refractivity contribution >= 4 is 5.97 Å². The summed E-state index contributed by atoms with van der Waals surface area (Å²) in [6.45, 7) is 6.50. The topological polar surface area (TPSA) is 46.5 Å². The van der Waals surface area contributed by atoms with Crippen LogP contribution in [0.15, 0.2) is 18.2 Å². The highest BCUT2D eigenvalue weighted by Crippen LogP contribution is 2.45. The molecule has 1 N–H and O–H groups in total. The molecule has 3 heteroatoms. The van der Waals surface area contributed by atoms with Gasteiger partial charge in [-0.1, -0.05) is 32.9 Å². The number of carboxylic acids is 1. The second-order valence-corrected chi connectivity index (χ2v) is 6.23. The molecule has 0 spiro atoms. The summed E-state index contributed by atoms with van der Waals surface area (Å²) >= 11 is 0. The van der Waals surface area contributed by atoms with E-state index in [9.17, 15) is 4.79 Å². The van der Waals surface area contributed by atoms with Gasteiger partial charge in [0.25, 0.3) is 0 Å². The number of hydrogen-bond donors (Lipinski definition) is 1. The summed E-state index contributed by atoms with van der Waals surface area (Å²) in [6.07, 6.45) is 1.80. The van der Waals surface area contributed by atoms with Gasteiger partial charge in [-0.15, -0.1) is 0 Å². The first-order valence-corrected chi connectivity index (χ1v) is 7.34. The largest absolute Gasteiger partial charge is 0.496 e. The third-order valence-electron chi connectivity index (χ3n) is 4.34. The highest BCUT2D eigenvalue weighted by Gasteiger charge is 2.43. The Bertz CT molecular complexity index is 493. The van der Waals surface area contributed by atoms with E-state index in [4.69, 9.17) is 9.84 Å². The Morgan fingerprint density at radius 2 is 2.10 bits per heavy atom. The van der Waals surface area contributed by atoms with E-state index in [0.717, 1.165) is 18.6 Å². The molecule has 3 unspecified atom stereocenters. The molecule has 110 valence electrons. The highest BCUT2D eigenvalue weighted by atomic mass is 16.5. The lowest BCUT2D eigenvalue weighted by Gasteiger charge is -2.17. The molecule has 20 heavy (non-hydrogen) atoms. The first-order chi connectivity index (χ1) is 9.43. The Balaban J connectivity index is 2.08. The molecule has 0 aromatic heterocycles. The van der Waals surface area contributed by atoms with Gasteiger partial charge in [-0.05, 0) is 47.8 Å². The Labute approximate surface area is 121 Å². The number of aliphatic carboxylic acids is 1. The molecule has 1 fully saturated rings. The summed E-state index contributed by atoms with van der Waals surface area (Å²) in [6, 6.07) is 6.35. The first-order valence-electron chi connectivity index (χ1n) is 7.34. The minimum absolute atomic E-state index is 0.111. The van der Waals surface area contributed by atoms with Crippen LogP contribution in [0, 0.1) is 11.8 Å². The van der Waals surface area contributed by atoms with Gasteiger partial charge >= 0.3 is 5.97 Å². The quantitative estimate of drug-likeness (QED) is 0.853. The fourth-order valence-corrected chi connectivity index (χ4v) is 2.91. The van der Waals surface area contributed by atoms with Crippen LogP contribution >= 0.6 is 0 Å². The van der Waals surface area contributed by atoms with E-state index in [0.29, 0.717) is 17.8 Å². The zero-order valence-electron chi connectivity index (χ0n) is 12.7. The van der Waals surface area contributed by atoms with Gasteiger partial charge in [0.15, 0.2) is 0 Å². The monoisotopic (exact) mass is 276 g/mol. The SMILES string of the molecule is COc1ccc(C(C)CC2CC2C(=O)O)cc1C(C)C. The molecule has 1 aromatic rings. The lowest BCUT2D eigenvalue weighted by molar-refractivity contribution is -0.138. The molecule has 3 atom stereocenters. The number of carboxylic acid groups (broad SMARTS) is 1. The number of methoxy groups -OCH3 is 1. The normalized spacial score (nSPS) is 22.6. The highest BCUT2D eigenvalue weighted by molar-refractivity contribution is 5.73. The van der Waals surface area contributed by atoms with Gasteiger partial charge in [-0.25, -0.2) is 0 Å². The maximum atomic E-state index is 10.9. The average molecular weight is 276 g/mol. The lowest BCUT2D eigenvalue weighted by atomic mass is 9.90. The predicted octanol–water partition coefficient (Wildman–Crippen LogP) is 4.03. The lowest BCUT2D eigenvalue weighted by Crippen LogP contribution is -2.03. The van der Waals surface area contributed by atoms with Crippen molar-refractivity contribution in [3.63, 3.8) is 0 Å².